The van der Waals surface area contributed by atoms with Gasteiger partial charge in [0.1, 0.15) is 5.82 Å². The van der Waals surface area contributed by atoms with Crippen molar-refractivity contribution < 1.29 is 5.11 Å². The highest BCUT2D eigenvalue weighted by molar-refractivity contribution is 9.10. The molecule has 6 heteroatoms. The lowest BCUT2D eigenvalue weighted by atomic mass is 9.78. The fraction of sp³-hybridized carbons (Fsp3) is 0.692. The van der Waals surface area contributed by atoms with Crippen molar-refractivity contribution in [3.63, 3.8) is 0 Å². The van der Waals surface area contributed by atoms with Crippen molar-refractivity contribution in [1.82, 2.24) is 9.97 Å². The highest BCUT2D eigenvalue weighted by Crippen LogP contribution is 2.34. The van der Waals surface area contributed by atoms with E-state index in [4.69, 9.17) is 11.6 Å². The molecule has 1 aliphatic carbocycles. The van der Waals surface area contributed by atoms with Crippen molar-refractivity contribution in [3.8, 4) is 0 Å². The van der Waals surface area contributed by atoms with Gasteiger partial charge in [-0.1, -0.05) is 13.3 Å². The van der Waals surface area contributed by atoms with Gasteiger partial charge in [0.2, 0.25) is 5.28 Å². The van der Waals surface area contributed by atoms with Crippen LogP contribution < -0.4 is 5.32 Å². The molecule has 0 bridgehead atoms. The SMILES string of the molecule is CCC1CCC(O)(CNc2nc(Cl)ncc2Br)CC1. The van der Waals surface area contributed by atoms with E-state index in [2.05, 4.69) is 38.1 Å². The van der Waals surface area contributed by atoms with E-state index in [-0.39, 0.29) is 5.28 Å². The van der Waals surface area contributed by atoms with Crippen LogP contribution in [-0.2, 0) is 0 Å². The zero-order valence-electron chi connectivity index (χ0n) is 11.0. The zero-order chi connectivity index (χ0) is 13.9. The quantitative estimate of drug-likeness (QED) is 0.816. The minimum atomic E-state index is -0.636. The lowest BCUT2D eigenvalue weighted by molar-refractivity contribution is 0.00222. The molecular formula is C13H19BrClN3O. The summed E-state index contributed by atoms with van der Waals surface area (Å²) in [6.45, 7) is 2.71. The number of hydrogen-bond acceptors (Lipinski definition) is 4. The van der Waals surface area contributed by atoms with E-state index in [1.165, 1.54) is 6.42 Å². The van der Waals surface area contributed by atoms with Crippen molar-refractivity contribution in [2.45, 2.75) is 44.6 Å². The van der Waals surface area contributed by atoms with Crippen LogP contribution in [0.4, 0.5) is 5.82 Å². The molecule has 0 amide bonds. The Labute approximate surface area is 127 Å². The van der Waals surface area contributed by atoms with Gasteiger partial charge in [-0.15, -0.1) is 0 Å². The van der Waals surface area contributed by atoms with Gasteiger partial charge in [-0.3, -0.25) is 0 Å². The molecule has 1 aromatic heterocycles. The van der Waals surface area contributed by atoms with Gasteiger partial charge in [-0.2, -0.15) is 4.98 Å². The first kappa shape index (κ1) is 15.0. The predicted molar refractivity (Wildman–Crippen MR) is 80.4 cm³/mol. The van der Waals surface area contributed by atoms with Gasteiger partial charge >= 0.3 is 0 Å². The summed E-state index contributed by atoms with van der Waals surface area (Å²) >= 11 is 9.13. The largest absolute Gasteiger partial charge is 0.388 e. The van der Waals surface area contributed by atoms with Gasteiger partial charge in [0.15, 0.2) is 0 Å². The minimum absolute atomic E-state index is 0.201. The van der Waals surface area contributed by atoms with Crippen LogP contribution in [0.3, 0.4) is 0 Å². The Morgan fingerprint density at radius 3 is 2.84 bits per heavy atom. The van der Waals surface area contributed by atoms with Crippen molar-refractivity contribution >= 4 is 33.3 Å². The second-order valence-corrected chi connectivity index (χ2v) is 6.46. The number of nitrogens with zero attached hydrogens (tertiary/aromatic N) is 2. The Morgan fingerprint density at radius 1 is 1.53 bits per heavy atom. The summed E-state index contributed by atoms with van der Waals surface area (Å²) in [7, 11) is 0. The van der Waals surface area contributed by atoms with Crippen molar-refractivity contribution in [3.05, 3.63) is 16.0 Å². The predicted octanol–water partition coefficient (Wildman–Crippen LogP) is 3.64. The molecule has 4 nitrogen and oxygen atoms in total. The highest BCUT2D eigenvalue weighted by Gasteiger charge is 2.32. The molecule has 106 valence electrons. The lowest BCUT2D eigenvalue weighted by Crippen LogP contribution is -2.40. The summed E-state index contributed by atoms with van der Waals surface area (Å²) in [5.74, 6) is 1.39. The Kier molecular flexibility index (Phi) is 5.03. The molecule has 0 unspecified atom stereocenters. The van der Waals surface area contributed by atoms with E-state index in [1.807, 2.05) is 0 Å². The van der Waals surface area contributed by atoms with Crippen LogP contribution in [0, 0.1) is 5.92 Å². The molecule has 0 spiro atoms. The lowest BCUT2D eigenvalue weighted by Gasteiger charge is -2.36. The Balaban J connectivity index is 1.93. The molecule has 0 aliphatic heterocycles. The fourth-order valence-electron chi connectivity index (χ4n) is 2.52. The van der Waals surface area contributed by atoms with E-state index in [0.29, 0.717) is 12.4 Å². The maximum absolute atomic E-state index is 10.6. The summed E-state index contributed by atoms with van der Waals surface area (Å²) in [5.41, 5.74) is -0.636. The Morgan fingerprint density at radius 2 is 2.21 bits per heavy atom. The summed E-state index contributed by atoms with van der Waals surface area (Å²) in [6.07, 6.45) is 6.69. The molecule has 2 rings (SSSR count). The number of aromatic nitrogens is 2. The molecule has 1 aromatic rings. The normalized spacial score (nSPS) is 27.3. The molecule has 0 radical (unpaired) electrons. The number of nitrogens with one attached hydrogen (secondary N) is 1. The average molecular weight is 349 g/mol. The average Bonchev–Trinajstić information content (AvgIpc) is 2.41. The summed E-state index contributed by atoms with van der Waals surface area (Å²) in [6, 6.07) is 0. The second-order valence-electron chi connectivity index (χ2n) is 5.27. The van der Waals surface area contributed by atoms with Gasteiger partial charge in [0, 0.05) is 12.7 Å². The second kappa shape index (κ2) is 6.37. The van der Waals surface area contributed by atoms with Gasteiger partial charge in [0.05, 0.1) is 10.1 Å². The highest BCUT2D eigenvalue weighted by atomic mass is 79.9. The van der Waals surface area contributed by atoms with Gasteiger partial charge in [0.25, 0.3) is 0 Å². The van der Waals surface area contributed by atoms with E-state index in [9.17, 15) is 5.11 Å². The van der Waals surface area contributed by atoms with Crippen LogP contribution >= 0.6 is 27.5 Å². The molecule has 19 heavy (non-hydrogen) atoms. The van der Waals surface area contributed by atoms with Crippen LogP contribution in [0.25, 0.3) is 0 Å². The fourth-order valence-corrected chi connectivity index (χ4v) is 2.98. The van der Waals surface area contributed by atoms with Gasteiger partial charge in [-0.25, -0.2) is 4.98 Å². The summed E-state index contributed by atoms with van der Waals surface area (Å²) in [4.78, 5) is 7.98. The number of rotatable bonds is 4. The number of halogens is 2. The molecule has 1 saturated carbocycles. The van der Waals surface area contributed by atoms with Crippen LogP contribution in [0.15, 0.2) is 10.7 Å². The van der Waals surface area contributed by atoms with Crippen LogP contribution in [-0.4, -0.2) is 27.2 Å². The summed E-state index contributed by atoms with van der Waals surface area (Å²) < 4.78 is 0.753. The van der Waals surface area contributed by atoms with Crippen LogP contribution in [0.5, 0.6) is 0 Å². The minimum Gasteiger partial charge on any atom is -0.388 e. The number of hydrogen-bond donors (Lipinski definition) is 2. The maximum atomic E-state index is 10.6. The third kappa shape index (κ3) is 4.04. The molecular weight excluding hydrogens is 330 g/mol. The topological polar surface area (TPSA) is 58.0 Å². The number of anilines is 1. The van der Waals surface area contributed by atoms with E-state index in [1.54, 1.807) is 6.20 Å². The smallest absolute Gasteiger partial charge is 0.224 e. The third-order valence-electron chi connectivity index (χ3n) is 3.91. The van der Waals surface area contributed by atoms with Gasteiger partial charge in [-0.05, 0) is 59.1 Å². The third-order valence-corrected chi connectivity index (χ3v) is 4.68. The van der Waals surface area contributed by atoms with Crippen molar-refractivity contribution in [1.29, 1.82) is 0 Å². The molecule has 0 saturated heterocycles. The van der Waals surface area contributed by atoms with E-state index >= 15 is 0 Å². The van der Waals surface area contributed by atoms with Gasteiger partial charge < -0.3 is 10.4 Å². The maximum Gasteiger partial charge on any atom is 0.224 e. The van der Waals surface area contributed by atoms with Crippen LogP contribution in [0.2, 0.25) is 5.28 Å². The Hall–Kier alpha value is -0.390. The molecule has 1 heterocycles. The van der Waals surface area contributed by atoms with Crippen molar-refractivity contribution in [2.75, 3.05) is 11.9 Å². The zero-order valence-corrected chi connectivity index (χ0v) is 13.3. The molecule has 1 aliphatic rings. The van der Waals surface area contributed by atoms with Crippen LogP contribution in [0.1, 0.15) is 39.0 Å². The molecule has 2 N–H and O–H groups in total. The molecule has 1 fully saturated rings. The first-order valence-corrected chi connectivity index (χ1v) is 7.84. The monoisotopic (exact) mass is 347 g/mol. The van der Waals surface area contributed by atoms with Crippen molar-refractivity contribution in [2.24, 2.45) is 5.92 Å². The standard InChI is InChI=1S/C13H19BrClN3O/c1-2-9-3-5-13(19,6-4-9)8-17-11-10(14)7-16-12(15)18-11/h7,9,19H,2-6,8H2,1H3,(H,16,17,18). The number of aliphatic hydroxyl groups is 1. The van der Waals surface area contributed by atoms with E-state index < -0.39 is 5.60 Å². The molecule has 0 atom stereocenters. The first-order chi connectivity index (χ1) is 9.02. The summed E-state index contributed by atoms with van der Waals surface area (Å²) in [5, 5.41) is 13.9. The Bertz CT molecular complexity index is 436. The van der Waals surface area contributed by atoms with E-state index in [0.717, 1.165) is 36.1 Å². The molecule has 0 aromatic carbocycles. The first-order valence-electron chi connectivity index (χ1n) is 6.67.